The Bertz CT molecular complexity index is 250. The van der Waals surface area contributed by atoms with Crippen molar-refractivity contribution < 1.29 is 4.79 Å². The summed E-state index contributed by atoms with van der Waals surface area (Å²) in [4.78, 5) is 10.4. The number of carbonyl (C=O) groups excluding carboxylic acids is 1. The Morgan fingerprint density at radius 1 is 1.33 bits per heavy atom. The molecule has 0 spiro atoms. The van der Waals surface area contributed by atoms with Gasteiger partial charge in [-0.2, -0.15) is 0 Å². The number of amides is 1. The minimum atomic E-state index is -0.337. The lowest BCUT2D eigenvalue weighted by atomic mass is 10.2. The third kappa shape index (κ3) is 3.69. The van der Waals surface area contributed by atoms with Crippen molar-refractivity contribution >= 4 is 26.8 Å². The summed E-state index contributed by atoms with van der Waals surface area (Å²) in [6, 6.07) is 9.97. The molecule has 64 valence electrons. The van der Waals surface area contributed by atoms with Gasteiger partial charge in [-0.3, -0.25) is 4.79 Å². The fourth-order valence-electron chi connectivity index (χ4n) is 0.730. The van der Waals surface area contributed by atoms with E-state index in [9.17, 15) is 4.79 Å². The zero-order valence-corrected chi connectivity index (χ0v) is 8.03. The molecule has 0 saturated carbocycles. The number of hydrogen-bond donors (Lipinski definition) is 1. The first kappa shape index (κ1) is 9.48. The van der Waals surface area contributed by atoms with E-state index in [4.69, 9.17) is 5.73 Å². The van der Waals surface area contributed by atoms with Gasteiger partial charge in [0.25, 0.3) is 5.24 Å². The maximum Gasteiger partial charge on any atom is 0.287 e. The molecule has 0 aliphatic heterocycles. The van der Waals surface area contributed by atoms with Crippen molar-refractivity contribution in [1.82, 2.24) is 0 Å². The molecule has 0 bridgehead atoms. The molecule has 2 nitrogen and oxygen atoms in total. The standard InChI is InChI=1S/C8H9NOS2/c9-8(10)12-11-6-7-4-2-1-3-5-7/h1-5H,6H2,(H2,9,10). The van der Waals surface area contributed by atoms with E-state index < -0.39 is 0 Å². The second kappa shape index (κ2) is 5.11. The van der Waals surface area contributed by atoms with Crippen molar-refractivity contribution in [2.75, 3.05) is 0 Å². The summed E-state index contributed by atoms with van der Waals surface area (Å²) in [6.45, 7) is 0. The minimum Gasteiger partial charge on any atom is -0.360 e. The van der Waals surface area contributed by atoms with Crippen molar-refractivity contribution in [3.05, 3.63) is 35.9 Å². The molecule has 1 aromatic carbocycles. The average Bonchev–Trinajstić information content (AvgIpc) is 2.05. The van der Waals surface area contributed by atoms with Crippen LogP contribution in [-0.2, 0) is 5.75 Å². The highest BCUT2D eigenvalue weighted by atomic mass is 33.1. The van der Waals surface area contributed by atoms with Gasteiger partial charge in [-0.05, 0) is 5.56 Å². The molecule has 1 rings (SSSR count). The smallest absolute Gasteiger partial charge is 0.287 e. The summed E-state index contributed by atoms with van der Waals surface area (Å²) >= 11 is 0. The highest BCUT2D eigenvalue weighted by molar-refractivity contribution is 8.81. The summed E-state index contributed by atoms with van der Waals surface area (Å²) in [7, 11) is 2.54. The molecule has 0 fully saturated rings. The molecule has 1 amide bonds. The van der Waals surface area contributed by atoms with Gasteiger partial charge in [0.2, 0.25) is 0 Å². The van der Waals surface area contributed by atoms with Crippen molar-refractivity contribution in [3.63, 3.8) is 0 Å². The lowest BCUT2D eigenvalue weighted by Crippen LogP contribution is -1.99. The first-order valence-corrected chi connectivity index (χ1v) is 5.74. The van der Waals surface area contributed by atoms with Crippen LogP contribution in [0.4, 0.5) is 4.79 Å². The first-order valence-electron chi connectivity index (χ1n) is 3.42. The van der Waals surface area contributed by atoms with E-state index in [0.717, 1.165) is 16.5 Å². The Labute approximate surface area is 79.3 Å². The van der Waals surface area contributed by atoms with Crippen molar-refractivity contribution in [1.29, 1.82) is 0 Å². The summed E-state index contributed by atoms with van der Waals surface area (Å²) in [5.41, 5.74) is 6.16. The normalized spacial score (nSPS) is 9.67. The predicted molar refractivity (Wildman–Crippen MR) is 54.9 cm³/mol. The molecule has 0 unspecified atom stereocenters. The summed E-state index contributed by atoms with van der Waals surface area (Å²) in [5, 5.41) is -0.337. The maximum absolute atomic E-state index is 10.4. The Balaban J connectivity index is 2.29. The van der Waals surface area contributed by atoms with E-state index in [2.05, 4.69) is 0 Å². The number of carbonyl (C=O) groups is 1. The molecule has 0 aliphatic rings. The third-order valence-corrected chi connectivity index (χ3v) is 3.14. The van der Waals surface area contributed by atoms with E-state index in [1.807, 2.05) is 30.3 Å². The van der Waals surface area contributed by atoms with Crippen LogP contribution in [0.1, 0.15) is 5.56 Å². The molecule has 2 N–H and O–H groups in total. The number of hydrogen-bond acceptors (Lipinski definition) is 3. The van der Waals surface area contributed by atoms with Gasteiger partial charge in [-0.25, -0.2) is 0 Å². The zero-order chi connectivity index (χ0) is 8.81. The van der Waals surface area contributed by atoms with Gasteiger partial charge in [0, 0.05) is 16.5 Å². The van der Waals surface area contributed by atoms with Crippen LogP contribution >= 0.6 is 21.6 Å². The Kier molecular flexibility index (Phi) is 4.04. The van der Waals surface area contributed by atoms with Crippen molar-refractivity contribution in [3.8, 4) is 0 Å². The summed E-state index contributed by atoms with van der Waals surface area (Å²) in [5.74, 6) is 0.814. The van der Waals surface area contributed by atoms with Crippen LogP contribution in [0, 0.1) is 0 Å². The van der Waals surface area contributed by atoms with Crippen molar-refractivity contribution in [2.24, 2.45) is 5.73 Å². The largest absolute Gasteiger partial charge is 0.360 e. The lowest BCUT2D eigenvalue weighted by molar-refractivity contribution is 0.267. The van der Waals surface area contributed by atoms with Crippen LogP contribution in [0.3, 0.4) is 0 Å². The molecular weight excluding hydrogens is 190 g/mol. The fraction of sp³-hybridized carbons (Fsp3) is 0.125. The third-order valence-electron chi connectivity index (χ3n) is 1.21. The second-order valence-corrected chi connectivity index (χ2v) is 4.45. The van der Waals surface area contributed by atoms with E-state index in [1.165, 1.54) is 16.4 Å². The molecule has 0 aliphatic carbocycles. The predicted octanol–water partition coefficient (Wildman–Crippen LogP) is 2.65. The van der Waals surface area contributed by atoms with E-state index in [0.29, 0.717) is 0 Å². The van der Waals surface area contributed by atoms with Crippen LogP contribution in [0.2, 0.25) is 0 Å². The Hall–Kier alpha value is -0.610. The SMILES string of the molecule is NC(=O)SSCc1ccccc1. The quantitative estimate of drug-likeness (QED) is 0.761. The highest BCUT2D eigenvalue weighted by Gasteiger charge is 1.96. The number of nitrogens with two attached hydrogens (primary N) is 1. The maximum atomic E-state index is 10.4. The average molecular weight is 199 g/mol. The molecule has 0 radical (unpaired) electrons. The number of rotatable bonds is 3. The Morgan fingerprint density at radius 2 is 2.00 bits per heavy atom. The van der Waals surface area contributed by atoms with Gasteiger partial charge < -0.3 is 5.73 Å². The summed E-state index contributed by atoms with van der Waals surface area (Å²) < 4.78 is 0. The van der Waals surface area contributed by atoms with E-state index >= 15 is 0 Å². The molecule has 1 aromatic rings. The molecule has 0 aromatic heterocycles. The van der Waals surface area contributed by atoms with Gasteiger partial charge in [0.05, 0.1) is 0 Å². The van der Waals surface area contributed by atoms with Crippen LogP contribution in [0.15, 0.2) is 30.3 Å². The number of benzene rings is 1. The summed E-state index contributed by atoms with van der Waals surface area (Å²) in [6.07, 6.45) is 0. The molecule has 0 heterocycles. The van der Waals surface area contributed by atoms with E-state index in [1.54, 1.807) is 0 Å². The fourth-order valence-corrected chi connectivity index (χ4v) is 2.17. The minimum absolute atomic E-state index is 0.337. The first-order chi connectivity index (χ1) is 5.79. The van der Waals surface area contributed by atoms with E-state index in [-0.39, 0.29) is 5.24 Å². The van der Waals surface area contributed by atoms with Gasteiger partial charge in [-0.15, -0.1) is 0 Å². The van der Waals surface area contributed by atoms with Gasteiger partial charge in [0.1, 0.15) is 0 Å². The molecule has 4 heteroatoms. The Morgan fingerprint density at radius 3 is 2.58 bits per heavy atom. The van der Waals surface area contributed by atoms with Crippen molar-refractivity contribution in [2.45, 2.75) is 5.75 Å². The molecule has 0 atom stereocenters. The van der Waals surface area contributed by atoms with Crippen LogP contribution in [-0.4, -0.2) is 5.24 Å². The van der Waals surface area contributed by atoms with Crippen LogP contribution in [0.25, 0.3) is 0 Å². The molecular formula is C8H9NOS2. The molecule has 12 heavy (non-hydrogen) atoms. The van der Waals surface area contributed by atoms with Gasteiger partial charge in [0.15, 0.2) is 0 Å². The van der Waals surface area contributed by atoms with Crippen LogP contribution < -0.4 is 5.73 Å². The monoisotopic (exact) mass is 199 g/mol. The second-order valence-electron chi connectivity index (χ2n) is 2.15. The molecule has 0 saturated heterocycles. The number of primary amides is 1. The zero-order valence-electron chi connectivity index (χ0n) is 6.40. The lowest BCUT2D eigenvalue weighted by Gasteiger charge is -1.96. The highest BCUT2D eigenvalue weighted by Crippen LogP contribution is 2.25. The van der Waals surface area contributed by atoms with Gasteiger partial charge >= 0.3 is 0 Å². The van der Waals surface area contributed by atoms with Crippen LogP contribution in [0.5, 0.6) is 0 Å². The topological polar surface area (TPSA) is 43.1 Å². The van der Waals surface area contributed by atoms with Gasteiger partial charge in [-0.1, -0.05) is 41.1 Å².